The van der Waals surface area contributed by atoms with Gasteiger partial charge in [0.15, 0.2) is 0 Å². The van der Waals surface area contributed by atoms with E-state index in [4.69, 9.17) is 5.73 Å². The smallest absolute Gasteiger partial charge is 0.138 e. The number of nitrogen functional groups attached to an aromatic ring is 1. The second-order valence-corrected chi connectivity index (χ2v) is 5.85. The molecular formula is C13H18FIN2. The molecule has 0 aliphatic carbocycles. The fraction of sp³-hybridized carbons (Fsp3) is 0.538. The van der Waals surface area contributed by atoms with Gasteiger partial charge in [-0.15, -0.1) is 0 Å². The molecule has 2 N–H and O–H groups in total. The summed E-state index contributed by atoms with van der Waals surface area (Å²) in [6.07, 6.45) is 3.63. The Morgan fingerprint density at radius 3 is 3.00 bits per heavy atom. The lowest BCUT2D eigenvalue weighted by Gasteiger charge is -2.34. The first kappa shape index (κ1) is 12.9. The van der Waals surface area contributed by atoms with Gasteiger partial charge in [-0.1, -0.05) is 13.3 Å². The van der Waals surface area contributed by atoms with Gasteiger partial charge in [-0.25, -0.2) is 4.39 Å². The number of piperidine rings is 1. The Hall–Kier alpha value is -0.520. The predicted molar refractivity (Wildman–Crippen MR) is 78.8 cm³/mol. The fourth-order valence-corrected chi connectivity index (χ4v) is 2.93. The molecule has 1 fully saturated rings. The van der Waals surface area contributed by atoms with E-state index in [1.54, 1.807) is 12.1 Å². The molecular weight excluding hydrogens is 330 g/mol. The summed E-state index contributed by atoms with van der Waals surface area (Å²) in [5.74, 6) is 0.541. The molecule has 1 aromatic rings. The molecule has 17 heavy (non-hydrogen) atoms. The van der Waals surface area contributed by atoms with Crippen LogP contribution in [0, 0.1) is 15.3 Å². The number of nitrogens with two attached hydrogens (primary N) is 1. The topological polar surface area (TPSA) is 29.3 Å². The third kappa shape index (κ3) is 2.84. The molecule has 0 amide bonds. The van der Waals surface area contributed by atoms with E-state index < -0.39 is 0 Å². The van der Waals surface area contributed by atoms with E-state index >= 15 is 0 Å². The summed E-state index contributed by atoms with van der Waals surface area (Å²) in [7, 11) is 0. The monoisotopic (exact) mass is 348 g/mol. The zero-order chi connectivity index (χ0) is 12.4. The standard InChI is InChI=1S/C13H18FIN2/c1-2-9-4-3-5-17(8-9)13-6-10(14)11(15)7-12(13)16/h6-7,9H,2-5,8,16H2,1H3. The van der Waals surface area contributed by atoms with E-state index in [1.807, 2.05) is 22.6 Å². The molecule has 1 atom stereocenters. The highest BCUT2D eigenvalue weighted by molar-refractivity contribution is 14.1. The van der Waals surface area contributed by atoms with Crippen molar-refractivity contribution < 1.29 is 4.39 Å². The van der Waals surface area contributed by atoms with Gasteiger partial charge in [0.2, 0.25) is 0 Å². The largest absolute Gasteiger partial charge is 0.397 e. The zero-order valence-corrected chi connectivity index (χ0v) is 12.2. The SMILES string of the molecule is CCC1CCCN(c2cc(F)c(I)cc2N)C1. The molecule has 4 heteroatoms. The van der Waals surface area contributed by atoms with Crippen LogP contribution < -0.4 is 10.6 Å². The summed E-state index contributed by atoms with van der Waals surface area (Å²) < 4.78 is 14.2. The number of hydrogen-bond acceptors (Lipinski definition) is 2. The van der Waals surface area contributed by atoms with E-state index in [-0.39, 0.29) is 5.82 Å². The third-order valence-corrected chi connectivity index (χ3v) is 4.33. The van der Waals surface area contributed by atoms with Gasteiger partial charge in [-0.3, -0.25) is 0 Å². The number of nitrogens with zero attached hydrogens (tertiary/aromatic N) is 1. The van der Waals surface area contributed by atoms with Crippen LogP contribution >= 0.6 is 22.6 Å². The first-order valence-corrected chi connectivity index (χ1v) is 7.19. The first-order chi connectivity index (χ1) is 8.11. The van der Waals surface area contributed by atoms with Crippen molar-refractivity contribution in [1.29, 1.82) is 0 Å². The Balaban J connectivity index is 2.24. The molecule has 0 saturated carbocycles. The van der Waals surface area contributed by atoms with E-state index in [9.17, 15) is 4.39 Å². The highest BCUT2D eigenvalue weighted by Gasteiger charge is 2.21. The molecule has 0 bridgehead atoms. The maximum atomic E-state index is 13.6. The predicted octanol–water partition coefficient (Wildman–Crippen LogP) is 3.64. The van der Waals surface area contributed by atoms with Crippen LogP contribution in [-0.4, -0.2) is 13.1 Å². The van der Waals surface area contributed by atoms with Crippen molar-refractivity contribution in [3.8, 4) is 0 Å². The molecule has 2 nitrogen and oxygen atoms in total. The van der Waals surface area contributed by atoms with Gasteiger partial charge in [0.05, 0.1) is 14.9 Å². The maximum Gasteiger partial charge on any atom is 0.138 e. The van der Waals surface area contributed by atoms with E-state index in [0.717, 1.165) is 18.8 Å². The van der Waals surface area contributed by atoms with Gasteiger partial charge < -0.3 is 10.6 Å². The van der Waals surface area contributed by atoms with Crippen molar-refractivity contribution >= 4 is 34.0 Å². The van der Waals surface area contributed by atoms with Crippen LogP contribution in [0.3, 0.4) is 0 Å². The minimum Gasteiger partial charge on any atom is -0.397 e. The number of benzene rings is 1. The molecule has 1 aliphatic rings. The molecule has 1 heterocycles. The van der Waals surface area contributed by atoms with Gasteiger partial charge in [-0.2, -0.15) is 0 Å². The van der Waals surface area contributed by atoms with Crippen LogP contribution in [0.2, 0.25) is 0 Å². The Morgan fingerprint density at radius 1 is 1.53 bits per heavy atom. The highest BCUT2D eigenvalue weighted by atomic mass is 127. The number of rotatable bonds is 2. The normalized spacial score (nSPS) is 20.6. The van der Waals surface area contributed by atoms with Crippen molar-refractivity contribution in [2.75, 3.05) is 23.7 Å². The molecule has 94 valence electrons. The van der Waals surface area contributed by atoms with Crippen LogP contribution in [0.25, 0.3) is 0 Å². The van der Waals surface area contributed by atoms with Gasteiger partial charge in [-0.05, 0) is 47.4 Å². The quantitative estimate of drug-likeness (QED) is 0.653. The van der Waals surface area contributed by atoms with Gasteiger partial charge >= 0.3 is 0 Å². The van der Waals surface area contributed by atoms with Crippen molar-refractivity contribution in [3.05, 3.63) is 21.5 Å². The van der Waals surface area contributed by atoms with E-state index in [0.29, 0.717) is 15.2 Å². The minimum atomic E-state index is -0.173. The van der Waals surface area contributed by atoms with Crippen molar-refractivity contribution in [3.63, 3.8) is 0 Å². The first-order valence-electron chi connectivity index (χ1n) is 6.11. The maximum absolute atomic E-state index is 13.6. The van der Waals surface area contributed by atoms with Crippen LogP contribution in [0.4, 0.5) is 15.8 Å². The molecule has 1 saturated heterocycles. The molecule has 1 aromatic carbocycles. The second-order valence-electron chi connectivity index (χ2n) is 4.69. The second kappa shape index (κ2) is 5.42. The number of halogens is 2. The van der Waals surface area contributed by atoms with Gasteiger partial charge in [0, 0.05) is 19.2 Å². The molecule has 0 aromatic heterocycles. The minimum absolute atomic E-state index is 0.173. The number of hydrogen-bond donors (Lipinski definition) is 1. The summed E-state index contributed by atoms with van der Waals surface area (Å²) in [6.45, 7) is 4.20. The highest BCUT2D eigenvalue weighted by Crippen LogP contribution is 2.31. The summed E-state index contributed by atoms with van der Waals surface area (Å²) >= 11 is 1.98. The molecule has 0 spiro atoms. The Bertz CT molecular complexity index is 409. The lowest BCUT2D eigenvalue weighted by atomic mass is 9.95. The molecule has 0 radical (unpaired) electrons. The molecule has 1 unspecified atom stereocenters. The van der Waals surface area contributed by atoms with E-state index in [1.165, 1.54) is 19.3 Å². The Labute approximate surface area is 116 Å². The summed E-state index contributed by atoms with van der Waals surface area (Å²) in [4.78, 5) is 2.23. The summed E-state index contributed by atoms with van der Waals surface area (Å²) in [5.41, 5.74) is 7.54. The fourth-order valence-electron chi connectivity index (χ4n) is 2.44. The van der Waals surface area contributed by atoms with Crippen molar-refractivity contribution in [2.24, 2.45) is 5.92 Å². The zero-order valence-electron chi connectivity index (χ0n) is 10.0. The van der Waals surface area contributed by atoms with Crippen LogP contribution in [0.5, 0.6) is 0 Å². The summed E-state index contributed by atoms with van der Waals surface area (Å²) in [5, 5.41) is 0. The van der Waals surface area contributed by atoms with Crippen molar-refractivity contribution in [1.82, 2.24) is 0 Å². The van der Waals surface area contributed by atoms with Gasteiger partial charge in [0.25, 0.3) is 0 Å². The van der Waals surface area contributed by atoms with Crippen LogP contribution in [0.1, 0.15) is 26.2 Å². The van der Waals surface area contributed by atoms with Gasteiger partial charge in [0.1, 0.15) is 5.82 Å². The average molecular weight is 348 g/mol. The third-order valence-electron chi connectivity index (χ3n) is 3.51. The molecule has 2 rings (SSSR count). The average Bonchev–Trinajstić information content (AvgIpc) is 2.34. The number of anilines is 2. The summed E-state index contributed by atoms with van der Waals surface area (Å²) in [6, 6.07) is 3.30. The Kier molecular flexibility index (Phi) is 4.12. The van der Waals surface area contributed by atoms with Crippen LogP contribution in [-0.2, 0) is 0 Å². The lowest BCUT2D eigenvalue weighted by Crippen LogP contribution is -2.35. The Morgan fingerprint density at radius 2 is 2.29 bits per heavy atom. The van der Waals surface area contributed by atoms with E-state index in [2.05, 4.69) is 11.8 Å². The van der Waals surface area contributed by atoms with Crippen LogP contribution in [0.15, 0.2) is 12.1 Å². The lowest BCUT2D eigenvalue weighted by molar-refractivity contribution is 0.404. The molecule has 1 aliphatic heterocycles. The van der Waals surface area contributed by atoms with Crippen molar-refractivity contribution in [2.45, 2.75) is 26.2 Å².